The van der Waals surface area contributed by atoms with Crippen molar-refractivity contribution in [1.82, 2.24) is 5.32 Å². The second-order valence-electron chi connectivity index (χ2n) is 5.77. The van der Waals surface area contributed by atoms with Crippen molar-refractivity contribution in [3.63, 3.8) is 0 Å². The summed E-state index contributed by atoms with van der Waals surface area (Å²) in [7, 11) is 0. The summed E-state index contributed by atoms with van der Waals surface area (Å²) in [6, 6.07) is 13.5. The van der Waals surface area contributed by atoms with Crippen molar-refractivity contribution in [1.29, 1.82) is 0 Å². The summed E-state index contributed by atoms with van der Waals surface area (Å²) in [6.07, 6.45) is 2.82. The quantitative estimate of drug-likeness (QED) is 0.306. The summed E-state index contributed by atoms with van der Waals surface area (Å²) in [5, 5.41) is 7.30. The van der Waals surface area contributed by atoms with Crippen molar-refractivity contribution >= 4 is 81.4 Å². The van der Waals surface area contributed by atoms with E-state index in [1.165, 1.54) is 12.2 Å². The summed E-state index contributed by atoms with van der Waals surface area (Å²) in [6.45, 7) is 0. The normalized spacial score (nSPS) is 10.9. The highest BCUT2D eigenvalue weighted by Crippen LogP contribution is 2.29. The molecule has 148 valence electrons. The molecule has 2 N–H and O–H groups in total. The Morgan fingerprint density at radius 1 is 0.931 bits per heavy atom. The predicted molar refractivity (Wildman–Crippen MR) is 124 cm³/mol. The summed E-state index contributed by atoms with van der Waals surface area (Å²) in [5.41, 5.74) is 1.34. The van der Waals surface area contributed by atoms with Crippen LogP contribution in [-0.2, 0) is 4.79 Å². The molecule has 9 heteroatoms. The molecule has 3 aromatic rings. The van der Waals surface area contributed by atoms with Crippen LogP contribution in [0.25, 0.3) is 17.4 Å². The molecule has 2 aromatic carbocycles. The van der Waals surface area contributed by atoms with Crippen LogP contribution >= 0.6 is 58.6 Å². The van der Waals surface area contributed by atoms with Gasteiger partial charge in [-0.3, -0.25) is 10.1 Å². The molecule has 1 amide bonds. The molecule has 0 bridgehead atoms. The first-order chi connectivity index (χ1) is 13.8. The van der Waals surface area contributed by atoms with E-state index in [2.05, 4.69) is 10.6 Å². The molecular formula is C20H12Cl4N2O2S. The highest BCUT2D eigenvalue weighted by atomic mass is 35.5. The van der Waals surface area contributed by atoms with Crippen molar-refractivity contribution in [2.45, 2.75) is 0 Å². The van der Waals surface area contributed by atoms with E-state index in [0.29, 0.717) is 37.3 Å². The van der Waals surface area contributed by atoms with E-state index in [4.69, 9.17) is 63.0 Å². The van der Waals surface area contributed by atoms with Gasteiger partial charge in [-0.1, -0.05) is 46.4 Å². The van der Waals surface area contributed by atoms with E-state index in [0.717, 1.165) is 5.56 Å². The first kappa shape index (κ1) is 21.7. The minimum absolute atomic E-state index is 0.117. The number of benzene rings is 2. The Morgan fingerprint density at radius 2 is 1.66 bits per heavy atom. The Kier molecular flexibility index (Phi) is 7.22. The maximum Gasteiger partial charge on any atom is 0.250 e. The molecule has 0 aliphatic carbocycles. The number of nitrogens with one attached hydrogen (secondary N) is 2. The van der Waals surface area contributed by atoms with Crippen LogP contribution < -0.4 is 10.6 Å². The van der Waals surface area contributed by atoms with Gasteiger partial charge in [0, 0.05) is 27.4 Å². The molecule has 0 spiro atoms. The summed E-state index contributed by atoms with van der Waals surface area (Å²) in [4.78, 5) is 12.1. The van der Waals surface area contributed by atoms with Crippen molar-refractivity contribution < 1.29 is 9.21 Å². The van der Waals surface area contributed by atoms with Gasteiger partial charge < -0.3 is 9.73 Å². The Hall–Kier alpha value is -2.02. The molecule has 0 fully saturated rings. The van der Waals surface area contributed by atoms with Crippen molar-refractivity contribution in [3.05, 3.63) is 80.5 Å². The van der Waals surface area contributed by atoms with E-state index in [9.17, 15) is 4.79 Å². The molecule has 1 aromatic heterocycles. The van der Waals surface area contributed by atoms with E-state index >= 15 is 0 Å². The van der Waals surface area contributed by atoms with Gasteiger partial charge in [0.2, 0.25) is 5.91 Å². The molecule has 0 atom stereocenters. The molecule has 0 saturated carbocycles. The van der Waals surface area contributed by atoms with Crippen molar-refractivity contribution in [3.8, 4) is 11.3 Å². The maximum atomic E-state index is 12.1. The molecule has 4 nitrogen and oxygen atoms in total. The van der Waals surface area contributed by atoms with E-state index in [-0.39, 0.29) is 5.11 Å². The van der Waals surface area contributed by atoms with Crippen LogP contribution in [0.1, 0.15) is 5.76 Å². The number of halogens is 4. The number of amides is 1. The van der Waals surface area contributed by atoms with E-state index in [1.807, 2.05) is 0 Å². The lowest BCUT2D eigenvalue weighted by molar-refractivity contribution is -0.115. The SMILES string of the molecule is O=C(/C=C/c1ccc(-c2cc(Cl)cc(Cl)c2)o1)NC(=S)Nc1ccc(Cl)c(Cl)c1. The number of carbonyl (C=O) groups is 1. The fraction of sp³-hybridized carbons (Fsp3) is 0. The molecule has 29 heavy (non-hydrogen) atoms. The number of thiocarbonyl (C=S) groups is 1. The van der Waals surface area contributed by atoms with E-state index < -0.39 is 5.91 Å². The first-order valence-corrected chi connectivity index (χ1v) is 10.0. The van der Waals surface area contributed by atoms with Crippen LogP contribution in [0.3, 0.4) is 0 Å². The molecule has 0 saturated heterocycles. The lowest BCUT2D eigenvalue weighted by Gasteiger charge is -2.08. The molecule has 0 radical (unpaired) electrons. The van der Waals surface area contributed by atoms with E-state index in [1.54, 1.807) is 48.5 Å². The van der Waals surface area contributed by atoms with Crippen LogP contribution in [0.15, 0.2) is 59.0 Å². The minimum atomic E-state index is -0.425. The summed E-state index contributed by atoms with van der Waals surface area (Å²) in [5.74, 6) is 0.632. The third-order valence-electron chi connectivity index (χ3n) is 3.59. The van der Waals surface area contributed by atoms with Gasteiger partial charge in [-0.15, -0.1) is 0 Å². The average molecular weight is 486 g/mol. The summed E-state index contributed by atoms with van der Waals surface area (Å²) >= 11 is 28.9. The Bertz CT molecular complexity index is 1090. The standard InChI is InChI=1S/C20H12Cl4N2O2S/c21-12-7-11(8-13(22)9-12)18-5-2-15(28-18)3-6-19(27)26-20(29)25-14-1-4-16(23)17(24)10-14/h1-10H,(H2,25,26,27,29)/b6-3+. The second-order valence-corrected chi connectivity index (χ2v) is 7.86. The Labute approximate surface area is 192 Å². The average Bonchev–Trinajstić information content (AvgIpc) is 3.11. The topological polar surface area (TPSA) is 54.3 Å². The van der Waals surface area contributed by atoms with Gasteiger partial charge in [0.1, 0.15) is 11.5 Å². The van der Waals surface area contributed by atoms with Crippen LogP contribution in [0.5, 0.6) is 0 Å². The second kappa shape index (κ2) is 9.65. The smallest absolute Gasteiger partial charge is 0.250 e. The fourth-order valence-electron chi connectivity index (χ4n) is 2.34. The number of hydrogen-bond acceptors (Lipinski definition) is 3. The largest absolute Gasteiger partial charge is 0.457 e. The van der Waals surface area contributed by atoms with Gasteiger partial charge in [-0.05, 0) is 66.8 Å². The van der Waals surface area contributed by atoms with Gasteiger partial charge in [-0.2, -0.15) is 0 Å². The maximum absolute atomic E-state index is 12.1. The highest BCUT2D eigenvalue weighted by molar-refractivity contribution is 7.80. The molecule has 0 aliphatic heterocycles. The zero-order valence-corrected chi connectivity index (χ0v) is 18.4. The Balaban J connectivity index is 1.59. The molecule has 3 rings (SSSR count). The minimum Gasteiger partial charge on any atom is -0.457 e. The van der Waals surface area contributed by atoms with Gasteiger partial charge in [-0.25, -0.2) is 0 Å². The fourth-order valence-corrected chi connectivity index (χ4v) is 3.38. The van der Waals surface area contributed by atoms with Gasteiger partial charge in [0.15, 0.2) is 5.11 Å². The monoisotopic (exact) mass is 484 g/mol. The third-order valence-corrected chi connectivity index (χ3v) is 4.97. The van der Waals surface area contributed by atoms with Crippen LogP contribution in [-0.4, -0.2) is 11.0 Å². The molecule has 0 aliphatic rings. The molecular weight excluding hydrogens is 474 g/mol. The van der Waals surface area contributed by atoms with Gasteiger partial charge >= 0.3 is 0 Å². The van der Waals surface area contributed by atoms with Crippen LogP contribution in [0, 0.1) is 0 Å². The number of anilines is 1. The molecule has 0 unspecified atom stereocenters. The zero-order chi connectivity index (χ0) is 21.0. The lowest BCUT2D eigenvalue weighted by atomic mass is 10.2. The number of furan rings is 1. The third kappa shape index (κ3) is 6.23. The predicted octanol–water partition coefficient (Wildman–Crippen LogP) is 7.09. The lowest BCUT2D eigenvalue weighted by Crippen LogP contribution is -2.32. The first-order valence-electron chi connectivity index (χ1n) is 8.11. The van der Waals surface area contributed by atoms with Crippen molar-refractivity contribution in [2.24, 2.45) is 0 Å². The highest BCUT2D eigenvalue weighted by Gasteiger charge is 2.07. The van der Waals surface area contributed by atoms with Gasteiger partial charge in [0.05, 0.1) is 10.0 Å². The van der Waals surface area contributed by atoms with Gasteiger partial charge in [0.25, 0.3) is 0 Å². The van der Waals surface area contributed by atoms with Crippen LogP contribution in [0.4, 0.5) is 5.69 Å². The summed E-state index contributed by atoms with van der Waals surface area (Å²) < 4.78 is 5.70. The number of carbonyl (C=O) groups excluding carboxylic acids is 1. The number of hydrogen-bond donors (Lipinski definition) is 2. The Morgan fingerprint density at radius 3 is 2.34 bits per heavy atom. The van der Waals surface area contributed by atoms with Crippen molar-refractivity contribution in [2.75, 3.05) is 5.32 Å². The zero-order valence-electron chi connectivity index (χ0n) is 14.5. The number of rotatable bonds is 4. The van der Waals surface area contributed by atoms with Crippen LogP contribution in [0.2, 0.25) is 20.1 Å². The molecule has 1 heterocycles.